The fourth-order valence-electron chi connectivity index (χ4n) is 2.00. The molecular weight excluding hydrogens is 280 g/mol. The van der Waals surface area contributed by atoms with Gasteiger partial charge in [-0.3, -0.25) is 0 Å². The van der Waals surface area contributed by atoms with Crippen molar-refractivity contribution in [1.82, 2.24) is 5.16 Å². The van der Waals surface area contributed by atoms with Gasteiger partial charge in [0.05, 0.1) is 24.5 Å². The molecule has 0 saturated heterocycles. The third-order valence-electron chi connectivity index (χ3n) is 2.94. The fraction of sp³-hybridized carbons (Fsp3) is 0.0714. The molecule has 0 radical (unpaired) electrons. The molecule has 3 aromatic rings. The number of anilines is 1. The lowest BCUT2D eigenvalue weighted by molar-refractivity contribution is 0.415. The number of furan rings is 1. The van der Waals surface area contributed by atoms with E-state index >= 15 is 0 Å². The second-order valence-corrected chi connectivity index (χ2v) is 4.46. The van der Waals surface area contributed by atoms with E-state index in [4.69, 9.17) is 31.0 Å². The third-order valence-corrected chi connectivity index (χ3v) is 3.23. The standard InChI is InChI=1S/C14H11ClN2O3/c1-18-9-4-2-3-8(7-9)11-12(20-17-14(11)16)10-5-6-19-13(10)15/h2-7H,1H3,(H2,16,17). The molecule has 3 rings (SSSR count). The van der Waals surface area contributed by atoms with Crippen LogP contribution < -0.4 is 10.5 Å². The van der Waals surface area contributed by atoms with Crippen LogP contribution in [-0.4, -0.2) is 12.3 Å². The molecule has 0 fully saturated rings. The highest BCUT2D eigenvalue weighted by Crippen LogP contribution is 2.40. The molecule has 6 heteroatoms. The van der Waals surface area contributed by atoms with E-state index < -0.39 is 0 Å². The van der Waals surface area contributed by atoms with Gasteiger partial charge in [-0.05, 0) is 35.4 Å². The van der Waals surface area contributed by atoms with E-state index in [2.05, 4.69) is 5.16 Å². The zero-order valence-electron chi connectivity index (χ0n) is 10.6. The predicted molar refractivity (Wildman–Crippen MR) is 75.6 cm³/mol. The second kappa shape index (κ2) is 4.94. The van der Waals surface area contributed by atoms with Gasteiger partial charge in [-0.1, -0.05) is 17.3 Å². The number of nitrogens with two attached hydrogens (primary N) is 1. The second-order valence-electron chi connectivity index (χ2n) is 4.11. The summed E-state index contributed by atoms with van der Waals surface area (Å²) in [4.78, 5) is 0. The number of benzene rings is 1. The molecule has 0 amide bonds. The Bertz CT molecular complexity index is 748. The highest BCUT2D eigenvalue weighted by Gasteiger charge is 2.21. The molecule has 0 aliphatic rings. The molecule has 0 bridgehead atoms. The van der Waals surface area contributed by atoms with Crippen molar-refractivity contribution < 1.29 is 13.7 Å². The van der Waals surface area contributed by atoms with Crippen LogP contribution in [0.25, 0.3) is 22.5 Å². The van der Waals surface area contributed by atoms with Crippen molar-refractivity contribution >= 4 is 17.4 Å². The van der Waals surface area contributed by atoms with Gasteiger partial charge in [-0.15, -0.1) is 0 Å². The summed E-state index contributed by atoms with van der Waals surface area (Å²) in [5.41, 5.74) is 8.00. The summed E-state index contributed by atoms with van der Waals surface area (Å²) >= 11 is 5.98. The quantitative estimate of drug-likeness (QED) is 0.793. The number of methoxy groups -OCH3 is 1. The lowest BCUT2D eigenvalue weighted by Crippen LogP contribution is -1.90. The first-order valence-corrected chi connectivity index (χ1v) is 6.21. The van der Waals surface area contributed by atoms with E-state index in [1.807, 2.05) is 24.3 Å². The van der Waals surface area contributed by atoms with Crippen LogP contribution in [0, 0.1) is 0 Å². The van der Waals surface area contributed by atoms with Crippen LogP contribution in [0.15, 0.2) is 45.5 Å². The largest absolute Gasteiger partial charge is 0.497 e. The number of aromatic nitrogens is 1. The molecular formula is C14H11ClN2O3. The minimum Gasteiger partial charge on any atom is -0.497 e. The zero-order chi connectivity index (χ0) is 14.1. The number of hydrogen-bond donors (Lipinski definition) is 1. The van der Waals surface area contributed by atoms with Crippen LogP contribution in [0.3, 0.4) is 0 Å². The van der Waals surface area contributed by atoms with E-state index in [0.29, 0.717) is 22.6 Å². The Labute approximate surface area is 119 Å². The summed E-state index contributed by atoms with van der Waals surface area (Å²) in [7, 11) is 1.60. The number of nitrogen functional groups attached to an aromatic ring is 1. The Morgan fingerprint density at radius 1 is 1.30 bits per heavy atom. The molecule has 0 atom stereocenters. The first-order valence-electron chi connectivity index (χ1n) is 5.83. The predicted octanol–water partition coefficient (Wildman–Crippen LogP) is 3.85. The molecule has 102 valence electrons. The van der Waals surface area contributed by atoms with Gasteiger partial charge in [-0.2, -0.15) is 0 Å². The average Bonchev–Trinajstić information content (AvgIpc) is 3.04. The first kappa shape index (κ1) is 12.6. The van der Waals surface area contributed by atoms with Crippen molar-refractivity contribution in [2.45, 2.75) is 0 Å². The van der Waals surface area contributed by atoms with Gasteiger partial charge in [0.2, 0.25) is 5.22 Å². The van der Waals surface area contributed by atoms with Crippen molar-refractivity contribution in [1.29, 1.82) is 0 Å². The Kier molecular flexibility index (Phi) is 3.12. The lowest BCUT2D eigenvalue weighted by atomic mass is 10.0. The minimum absolute atomic E-state index is 0.227. The molecule has 0 spiro atoms. The van der Waals surface area contributed by atoms with Gasteiger partial charge >= 0.3 is 0 Å². The smallest absolute Gasteiger partial charge is 0.204 e. The van der Waals surface area contributed by atoms with Crippen molar-refractivity contribution in [3.8, 4) is 28.2 Å². The maximum atomic E-state index is 5.98. The average molecular weight is 291 g/mol. The number of hydrogen-bond acceptors (Lipinski definition) is 5. The van der Waals surface area contributed by atoms with Gasteiger partial charge in [0.1, 0.15) is 5.75 Å². The number of ether oxygens (including phenoxy) is 1. The van der Waals surface area contributed by atoms with Gasteiger partial charge < -0.3 is 19.4 Å². The number of halogens is 1. The van der Waals surface area contributed by atoms with Crippen molar-refractivity contribution in [2.75, 3.05) is 12.8 Å². The van der Waals surface area contributed by atoms with Crippen molar-refractivity contribution in [3.63, 3.8) is 0 Å². The lowest BCUT2D eigenvalue weighted by Gasteiger charge is -2.04. The Morgan fingerprint density at radius 3 is 2.85 bits per heavy atom. The summed E-state index contributed by atoms with van der Waals surface area (Å²) in [6.07, 6.45) is 1.48. The monoisotopic (exact) mass is 290 g/mol. The van der Waals surface area contributed by atoms with Gasteiger partial charge in [-0.25, -0.2) is 0 Å². The maximum absolute atomic E-state index is 5.98. The van der Waals surface area contributed by atoms with E-state index in [1.54, 1.807) is 13.2 Å². The third kappa shape index (κ3) is 2.02. The van der Waals surface area contributed by atoms with Crippen LogP contribution in [0.1, 0.15) is 0 Å². The van der Waals surface area contributed by atoms with E-state index in [-0.39, 0.29) is 11.0 Å². The SMILES string of the molecule is COc1cccc(-c2c(N)noc2-c2ccoc2Cl)c1. The summed E-state index contributed by atoms with van der Waals surface area (Å²) in [5.74, 6) is 1.47. The van der Waals surface area contributed by atoms with Gasteiger partial charge in [0.25, 0.3) is 0 Å². The zero-order valence-corrected chi connectivity index (χ0v) is 11.3. The van der Waals surface area contributed by atoms with Crippen LogP contribution >= 0.6 is 11.6 Å². The van der Waals surface area contributed by atoms with Crippen LogP contribution in [0.4, 0.5) is 5.82 Å². The topological polar surface area (TPSA) is 74.4 Å². The number of rotatable bonds is 3. The van der Waals surface area contributed by atoms with Crippen LogP contribution in [-0.2, 0) is 0 Å². The molecule has 0 aliphatic heterocycles. The molecule has 2 aromatic heterocycles. The summed E-state index contributed by atoms with van der Waals surface area (Å²) in [5, 5.41) is 4.03. The molecule has 2 heterocycles. The van der Waals surface area contributed by atoms with E-state index in [0.717, 1.165) is 5.56 Å². The van der Waals surface area contributed by atoms with Gasteiger partial charge in [0, 0.05) is 0 Å². The highest BCUT2D eigenvalue weighted by atomic mass is 35.5. The van der Waals surface area contributed by atoms with Crippen molar-refractivity contribution in [3.05, 3.63) is 41.8 Å². The van der Waals surface area contributed by atoms with Gasteiger partial charge in [0.15, 0.2) is 11.6 Å². The minimum atomic E-state index is 0.227. The Hall–Kier alpha value is -2.40. The Morgan fingerprint density at radius 2 is 2.15 bits per heavy atom. The summed E-state index contributed by atoms with van der Waals surface area (Å²) in [6.45, 7) is 0. The van der Waals surface area contributed by atoms with E-state index in [9.17, 15) is 0 Å². The highest BCUT2D eigenvalue weighted by molar-refractivity contribution is 6.31. The van der Waals surface area contributed by atoms with Crippen LogP contribution in [0.5, 0.6) is 5.75 Å². The molecule has 5 nitrogen and oxygen atoms in total. The number of nitrogens with zero attached hydrogens (tertiary/aromatic N) is 1. The Balaban J connectivity index is 2.19. The van der Waals surface area contributed by atoms with E-state index in [1.165, 1.54) is 6.26 Å². The fourth-order valence-corrected chi connectivity index (χ4v) is 2.20. The summed E-state index contributed by atoms with van der Waals surface area (Å²) < 4.78 is 15.6. The summed E-state index contributed by atoms with van der Waals surface area (Å²) in [6, 6.07) is 9.15. The first-order chi connectivity index (χ1) is 9.70. The van der Waals surface area contributed by atoms with Crippen LogP contribution in [0.2, 0.25) is 5.22 Å². The normalized spacial score (nSPS) is 10.7. The molecule has 0 unspecified atom stereocenters. The molecule has 2 N–H and O–H groups in total. The van der Waals surface area contributed by atoms with Crippen molar-refractivity contribution in [2.24, 2.45) is 0 Å². The molecule has 1 aromatic carbocycles. The molecule has 20 heavy (non-hydrogen) atoms. The molecule has 0 aliphatic carbocycles. The molecule has 0 saturated carbocycles. The maximum Gasteiger partial charge on any atom is 0.204 e.